The van der Waals surface area contributed by atoms with Gasteiger partial charge in [-0.05, 0) is 36.8 Å². The quantitative estimate of drug-likeness (QED) is 0.680. The molecule has 0 unspecified atom stereocenters. The predicted octanol–water partition coefficient (Wildman–Crippen LogP) is 2.91. The fourth-order valence-corrected chi connectivity index (χ4v) is 2.43. The number of aromatic amines is 1. The lowest BCUT2D eigenvalue weighted by Gasteiger charge is -2.07. The van der Waals surface area contributed by atoms with Crippen LogP contribution in [-0.4, -0.2) is 28.9 Å². The van der Waals surface area contributed by atoms with Crippen molar-refractivity contribution in [1.82, 2.24) is 15.2 Å². The molecule has 0 fully saturated rings. The van der Waals surface area contributed by atoms with Crippen molar-refractivity contribution < 1.29 is 9.47 Å². The van der Waals surface area contributed by atoms with E-state index in [1.165, 1.54) is 0 Å². The Balaban J connectivity index is 1.71. The first-order valence-corrected chi connectivity index (χ1v) is 8.26. The van der Waals surface area contributed by atoms with E-state index in [-0.39, 0.29) is 11.5 Å². The topological polar surface area (TPSA) is 89.1 Å². The summed E-state index contributed by atoms with van der Waals surface area (Å²) in [6.07, 6.45) is 0.397. The van der Waals surface area contributed by atoms with Crippen molar-refractivity contribution in [3.8, 4) is 11.5 Å². The Morgan fingerprint density at radius 3 is 2.58 bits per heavy atom. The molecular formula is C19H20N4O3. The third-order valence-electron chi connectivity index (χ3n) is 3.70. The number of H-pyrrole nitrogens is 1. The smallest absolute Gasteiger partial charge is 0.274 e. The van der Waals surface area contributed by atoms with Crippen LogP contribution in [0.25, 0.3) is 0 Å². The minimum absolute atomic E-state index is 0.277. The molecule has 0 aliphatic carbocycles. The first-order valence-electron chi connectivity index (χ1n) is 8.26. The Morgan fingerprint density at radius 1 is 1.08 bits per heavy atom. The number of aromatic nitrogens is 3. The number of rotatable bonds is 7. The second kappa shape index (κ2) is 8.15. The van der Waals surface area contributed by atoms with Crippen LogP contribution >= 0.6 is 0 Å². The van der Waals surface area contributed by atoms with Gasteiger partial charge in [0.15, 0.2) is 0 Å². The van der Waals surface area contributed by atoms with Crippen LogP contribution in [0, 0.1) is 0 Å². The number of methoxy groups -OCH3 is 1. The standard InChI is InChI=1S/C19H20N4O3/c1-3-26-15-9-7-13(8-10-15)11-17-18(24)21-19(23-22-17)20-14-5-4-6-16(12-14)25-2/h4-10,12H,3,11H2,1-2H3,(H2,20,21,23,24). The van der Waals surface area contributed by atoms with Crippen molar-refractivity contribution in [3.63, 3.8) is 0 Å². The Labute approximate surface area is 151 Å². The highest BCUT2D eigenvalue weighted by Gasteiger charge is 2.07. The van der Waals surface area contributed by atoms with Crippen molar-refractivity contribution in [2.75, 3.05) is 19.0 Å². The summed E-state index contributed by atoms with van der Waals surface area (Å²) in [4.78, 5) is 15.0. The largest absolute Gasteiger partial charge is 0.497 e. The minimum atomic E-state index is -0.278. The second-order valence-electron chi connectivity index (χ2n) is 5.56. The molecule has 7 heteroatoms. The van der Waals surface area contributed by atoms with Crippen molar-refractivity contribution in [2.45, 2.75) is 13.3 Å². The zero-order valence-electron chi connectivity index (χ0n) is 14.7. The first-order chi connectivity index (χ1) is 12.7. The molecule has 0 saturated heterocycles. The van der Waals surface area contributed by atoms with E-state index in [0.29, 0.717) is 24.5 Å². The number of nitrogens with one attached hydrogen (secondary N) is 2. The lowest BCUT2D eigenvalue weighted by molar-refractivity contribution is 0.340. The van der Waals surface area contributed by atoms with Crippen molar-refractivity contribution in [1.29, 1.82) is 0 Å². The molecular weight excluding hydrogens is 332 g/mol. The van der Waals surface area contributed by atoms with E-state index in [1.54, 1.807) is 13.2 Å². The molecule has 134 valence electrons. The normalized spacial score (nSPS) is 10.4. The average Bonchev–Trinajstić information content (AvgIpc) is 2.66. The minimum Gasteiger partial charge on any atom is -0.497 e. The third kappa shape index (κ3) is 4.38. The van der Waals surface area contributed by atoms with Crippen LogP contribution < -0.4 is 20.3 Å². The van der Waals surface area contributed by atoms with Gasteiger partial charge in [0.25, 0.3) is 5.56 Å². The summed E-state index contributed by atoms with van der Waals surface area (Å²) in [6.45, 7) is 2.55. The highest BCUT2D eigenvalue weighted by atomic mass is 16.5. The van der Waals surface area contributed by atoms with Gasteiger partial charge < -0.3 is 14.8 Å². The van der Waals surface area contributed by atoms with Gasteiger partial charge in [-0.2, -0.15) is 0 Å². The maximum atomic E-state index is 12.3. The molecule has 0 aliphatic heterocycles. The van der Waals surface area contributed by atoms with Gasteiger partial charge in [0.05, 0.1) is 13.7 Å². The van der Waals surface area contributed by atoms with Gasteiger partial charge in [-0.3, -0.25) is 9.78 Å². The Morgan fingerprint density at radius 2 is 1.88 bits per heavy atom. The third-order valence-corrected chi connectivity index (χ3v) is 3.70. The van der Waals surface area contributed by atoms with Crippen molar-refractivity contribution in [3.05, 3.63) is 70.1 Å². The van der Waals surface area contributed by atoms with Gasteiger partial charge in [0.2, 0.25) is 5.95 Å². The Hall–Kier alpha value is -3.35. The SMILES string of the molecule is CCOc1ccc(Cc2nnc(Nc3cccc(OC)c3)[nH]c2=O)cc1. The van der Waals surface area contributed by atoms with Crippen LogP contribution in [0.15, 0.2) is 53.3 Å². The molecule has 26 heavy (non-hydrogen) atoms. The van der Waals surface area contributed by atoms with Gasteiger partial charge >= 0.3 is 0 Å². The number of hydrogen-bond donors (Lipinski definition) is 2. The summed E-state index contributed by atoms with van der Waals surface area (Å²) in [5, 5.41) is 11.1. The molecule has 0 amide bonds. The number of nitrogens with zero attached hydrogens (tertiary/aromatic N) is 2. The first kappa shape index (κ1) is 17.5. The summed E-state index contributed by atoms with van der Waals surface area (Å²) < 4.78 is 10.6. The van der Waals surface area contributed by atoms with Gasteiger partial charge in [-0.1, -0.05) is 18.2 Å². The Kier molecular flexibility index (Phi) is 5.48. The van der Waals surface area contributed by atoms with Gasteiger partial charge in [0.1, 0.15) is 17.2 Å². The van der Waals surface area contributed by atoms with Gasteiger partial charge in [-0.25, -0.2) is 0 Å². The molecule has 3 aromatic rings. The zero-order valence-corrected chi connectivity index (χ0v) is 14.7. The van der Waals surface area contributed by atoms with E-state index in [1.807, 2.05) is 49.4 Å². The van der Waals surface area contributed by atoms with Crippen molar-refractivity contribution in [2.24, 2.45) is 0 Å². The summed E-state index contributed by atoms with van der Waals surface area (Å²) in [6, 6.07) is 14.9. The van der Waals surface area contributed by atoms with Gasteiger partial charge in [0, 0.05) is 18.2 Å². The molecule has 0 radical (unpaired) electrons. The average molecular weight is 352 g/mol. The molecule has 0 aliphatic rings. The molecule has 1 heterocycles. The van der Waals surface area contributed by atoms with E-state index in [9.17, 15) is 4.79 Å². The fourth-order valence-electron chi connectivity index (χ4n) is 2.43. The summed E-state index contributed by atoms with van der Waals surface area (Å²) in [5.74, 6) is 1.78. The highest BCUT2D eigenvalue weighted by molar-refractivity contribution is 5.55. The molecule has 2 aromatic carbocycles. The summed E-state index contributed by atoms with van der Waals surface area (Å²) in [5.41, 5.74) is 1.78. The molecule has 7 nitrogen and oxygen atoms in total. The molecule has 2 N–H and O–H groups in total. The number of benzene rings is 2. The monoisotopic (exact) mass is 352 g/mol. The van der Waals surface area contributed by atoms with E-state index in [2.05, 4.69) is 20.5 Å². The highest BCUT2D eigenvalue weighted by Crippen LogP contribution is 2.19. The molecule has 3 rings (SSSR count). The number of anilines is 2. The second-order valence-corrected chi connectivity index (χ2v) is 5.56. The zero-order chi connectivity index (χ0) is 18.4. The summed E-state index contributed by atoms with van der Waals surface area (Å²) in [7, 11) is 1.59. The maximum Gasteiger partial charge on any atom is 0.274 e. The number of ether oxygens (including phenoxy) is 2. The molecule has 0 atom stereocenters. The lowest BCUT2D eigenvalue weighted by Crippen LogP contribution is -2.18. The summed E-state index contributed by atoms with van der Waals surface area (Å²) >= 11 is 0. The number of hydrogen-bond acceptors (Lipinski definition) is 6. The van der Waals surface area contributed by atoms with Crippen LogP contribution in [0.4, 0.5) is 11.6 Å². The molecule has 0 bridgehead atoms. The van der Waals surface area contributed by atoms with Crippen molar-refractivity contribution >= 4 is 11.6 Å². The van der Waals surface area contributed by atoms with Crippen LogP contribution in [0.5, 0.6) is 11.5 Å². The Bertz CT molecular complexity index is 923. The van der Waals surface area contributed by atoms with E-state index >= 15 is 0 Å². The molecule has 0 saturated carbocycles. The van der Waals surface area contributed by atoms with Crippen LogP contribution in [0.1, 0.15) is 18.2 Å². The van der Waals surface area contributed by atoms with E-state index in [4.69, 9.17) is 9.47 Å². The molecule has 1 aromatic heterocycles. The fraction of sp³-hybridized carbons (Fsp3) is 0.211. The van der Waals surface area contributed by atoms with Crippen LogP contribution in [-0.2, 0) is 6.42 Å². The van der Waals surface area contributed by atoms with Gasteiger partial charge in [-0.15, -0.1) is 10.2 Å². The van der Waals surface area contributed by atoms with E-state index < -0.39 is 0 Å². The predicted molar refractivity (Wildman–Crippen MR) is 99.3 cm³/mol. The molecule has 0 spiro atoms. The lowest BCUT2D eigenvalue weighted by atomic mass is 10.1. The van der Waals surface area contributed by atoms with Crippen LogP contribution in [0.2, 0.25) is 0 Å². The maximum absolute atomic E-state index is 12.3. The van der Waals surface area contributed by atoms with E-state index in [0.717, 1.165) is 17.0 Å². The van der Waals surface area contributed by atoms with Crippen LogP contribution in [0.3, 0.4) is 0 Å².